The van der Waals surface area contributed by atoms with Crippen LogP contribution in [-0.2, 0) is 9.53 Å². The van der Waals surface area contributed by atoms with Gasteiger partial charge in [0.15, 0.2) is 0 Å². The van der Waals surface area contributed by atoms with Crippen molar-refractivity contribution in [3.63, 3.8) is 0 Å². The van der Waals surface area contributed by atoms with Gasteiger partial charge in [-0.1, -0.05) is 13.8 Å². The van der Waals surface area contributed by atoms with Crippen molar-refractivity contribution in [3.05, 3.63) is 0 Å². The third-order valence-corrected chi connectivity index (χ3v) is 3.19. The van der Waals surface area contributed by atoms with E-state index < -0.39 is 0 Å². The van der Waals surface area contributed by atoms with Crippen LogP contribution in [0.4, 0.5) is 0 Å². The number of likely N-dealkylation sites (tertiary alicyclic amines) is 1. The van der Waals surface area contributed by atoms with Gasteiger partial charge in [-0.25, -0.2) is 0 Å². The summed E-state index contributed by atoms with van der Waals surface area (Å²) in [7, 11) is 0. The highest BCUT2D eigenvalue weighted by molar-refractivity contribution is 5.78. The second kappa shape index (κ2) is 4.94. The van der Waals surface area contributed by atoms with Crippen LogP contribution < -0.4 is 5.73 Å². The standard InChI is InChI=1S/C11H22N2O2/c1-4-15-7-9-6-13(10(14)5-12)8-11(9,2)3/h9H,4-8,12H2,1-3H3. The van der Waals surface area contributed by atoms with E-state index in [-0.39, 0.29) is 17.9 Å². The molecular formula is C11H22N2O2. The molecule has 0 spiro atoms. The summed E-state index contributed by atoms with van der Waals surface area (Å²) >= 11 is 0. The summed E-state index contributed by atoms with van der Waals surface area (Å²) in [6.07, 6.45) is 0. The Morgan fingerprint density at radius 3 is 2.80 bits per heavy atom. The minimum atomic E-state index is 0.0436. The monoisotopic (exact) mass is 214 g/mol. The maximum Gasteiger partial charge on any atom is 0.236 e. The lowest BCUT2D eigenvalue weighted by molar-refractivity contribution is -0.129. The molecule has 1 rings (SSSR count). The van der Waals surface area contributed by atoms with Gasteiger partial charge in [-0.05, 0) is 12.3 Å². The van der Waals surface area contributed by atoms with Crippen molar-refractivity contribution in [1.82, 2.24) is 4.90 Å². The summed E-state index contributed by atoms with van der Waals surface area (Å²) in [6, 6.07) is 0. The SMILES string of the molecule is CCOCC1CN(C(=O)CN)CC1(C)C. The Labute approximate surface area is 91.8 Å². The van der Waals surface area contributed by atoms with Gasteiger partial charge < -0.3 is 15.4 Å². The summed E-state index contributed by atoms with van der Waals surface area (Å²) in [5, 5.41) is 0. The summed E-state index contributed by atoms with van der Waals surface area (Å²) in [4.78, 5) is 13.3. The number of nitrogens with two attached hydrogens (primary N) is 1. The maximum atomic E-state index is 11.5. The summed E-state index contributed by atoms with van der Waals surface area (Å²) < 4.78 is 5.45. The zero-order valence-electron chi connectivity index (χ0n) is 9.95. The number of carbonyl (C=O) groups is 1. The molecule has 1 aliphatic rings. The molecule has 1 fully saturated rings. The Bertz CT molecular complexity index is 229. The third-order valence-electron chi connectivity index (χ3n) is 3.19. The highest BCUT2D eigenvalue weighted by atomic mass is 16.5. The topological polar surface area (TPSA) is 55.6 Å². The molecule has 0 aromatic rings. The summed E-state index contributed by atoms with van der Waals surface area (Å²) in [5.74, 6) is 0.468. The van der Waals surface area contributed by atoms with Crippen molar-refractivity contribution in [2.75, 3.05) is 32.8 Å². The van der Waals surface area contributed by atoms with Crippen molar-refractivity contribution in [2.24, 2.45) is 17.1 Å². The van der Waals surface area contributed by atoms with E-state index in [1.807, 2.05) is 11.8 Å². The van der Waals surface area contributed by atoms with E-state index in [0.717, 1.165) is 26.3 Å². The van der Waals surface area contributed by atoms with Crippen LogP contribution in [0.5, 0.6) is 0 Å². The fourth-order valence-corrected chi connectivity index (χ4v) is 2.06. The highest BCUT2D eigenvalue weighted by Crippen LogP contribution is 2.35. The van der Waals surface area contributed by atoms with Crippen LogP contribution in [-0.4, -0.2) is 43.7 Å². The second-order valence-corrected chi connectivity index (χ2v) is 4.82. The van der Waals surface area contributed by atoms with Crippen molar-refractivity contribution in [3.8, 4) is 0 Å². The van der Waals surface area contributed by atoms with Crippen molar-refractivity contribution in [2.45, 2.75) is 20.8 Å². The first kappa shape index (κ1) is 12.5. The summed E-state index contributed by atoms with van der Waals surface area (Å²) in [6.45, 7) is 9.50. The van der Waals surface area contributed by atoms with Crippen molar-refractivity contribution < 1.29 is 9.53 Å². The van der Waals surface area contributed by atoms with Gasteiger partial charge in [-0.15, -0.1) is 0 Å². The lowest BCUT2D eigenvalue weighted by Crippen LogP contribution is -2.35. The van der Waals surface area contributed by atoms with Crippen LogP contribution in [0.1, 0.15) is 20.8 Å². The van der Waals surface area contributed by atoms with Gasteiger partial charge in [0.05, 0.1) is 13.2 Å². The van der Waals surface area contributed by atoms with E-state index >= 15 is 0 Å². The number of hydrogen-bond acceptors (Lipinski definition) is 3. The van der Waals surface area contributed by atoms with E-state index in [0.29, 0.717) is 5.92 Å². The lowest BCUT2D eigenvalue weighted by atomic mass is 9.83. The molecular weight excluding hydrogens is 192 g/mol. The molecule has 88 valence electrons. The molecule has 0 bridgehead atoms. The number of amides is 1. The molecule has 4 heteroatoms. The Morgan fingerprint density at radius 1 is 1.60 bits per heavy atom. The predicted octanol–water partition coefficient (Wildman–Crippen LogP) is 0.466. The van der Waals surface area contributed by atoms with Crippen LogP contribution in [0.15, 0.2) is 0 Å². The van der Waals surface area contributed by atoms with Gasteiger partial charge in [0.1, 0.15) is 0 Å². The van der Waals surface area contributed by atoms with E-state index in [9.17, 15) is 4.79 Å². The molecule has 1 saturated heterocycles. The van der Waals surface area contributed by atoms with Gasteiger partial charge >= 0.3 is 0 Å². The minimum Gasteiger partial charge on any atom is -0.381 e. The Kier molecular flexibility index (Phi) is 4.11. The van der Waals surface area contributed by atoms with Crippen LogP contribution in [0, 0.1) is 11.3 Å². The van der Waals surface area contributed by atoms with Gasteiger partial charge in [0.2, 0.25) is 5.91 Å². The van der Waals surface area contributed by atoms with Gasteiger partial charge in [-0.2, -0.15) is 0 Å². The number of hydrogen-bond donors (Lipinski definition) is 1. The zero-order valence-corrected chi connectivity index (χ0v) is 9.95. The van der Waals surface area contributed by atoms with E-state index in [4.69, 9.17) is 10.5 Å². The number of ether oxygens (including phenoxy) is 1. The molecule has 0 aromatic heterocycles. The van der Waals surface area contributed by atoms with Gasteiger partial charge in [0, 0.05) is 25.6 Å². The molecule has 1 atom stereocenters. The first-order valence-corrected chi connectivity index (χ1v) is 5.57. The number of nitrogens with zero attached hydrogens (tertiary/aromatic N) is 1. The van der Waals surface area contributed by atoms with Crippen LogP contribution >= 0.6 is 0 Å². The molecule has 0 saturated carbocycles. The van der Waals surface area contributed by atoms with Crippen LogP contribution in [0.25, 0.3) is 0 Å². The van der Waals surface area contributed by atoms with Gasteiger partial charge in [-0.3, -0.25) is 4.79 Å². The molecule has 1 aliphatic heterocycles. The molecule has 4 nitrogen and oxygen atoms in total. The normalized spacial score (nSPS) is 24.5. The first-order valence-electron chi connectivity index (χ1n) is 5.57. The first-order chi connectivity index (χ1) is 7.01. The molecule has 0 aliphatic carbocycles. The van der Waals surface area contributed by atoms with Crippen LogP contribution in [0.3, 0.4) is 0 Å². The number of carbonyl (C=O) groups excluding carboxylic acids is 1. The van der Waals surface area contributed by atoms with Crippen LogP contribution in [0.2, 0.25) is 0 Å². The molecule has 1 amide bonds. The smallest absolute Gasteiger partial charge is 0.236 e. The zero-order chi connectivity index (χ0) is 11.5. The van der Waals surface area contributed by atoms with Crippen molar-refractivity contribution >= 4 is 5.91 Å². The molecule has 1 unspecified atom stereocenters. The van der Waals surface area contributed by atoms with Gasteiger partial charge in [0.25, 0.3) is 0 Å². The Morgan fingerprint density at radius 2 is 2.27 bits per heavy atom. The molecule has 0 radical (unpaired) electrons. The quantitative estimate of drug-likeness (QED) is 0.740. The largest absolute Gasteiger partial charge is 0.381 e. The Hall–Kier alpha value is -0.610. The predicted molar refractivity (Wildman–Crippen MR) is 59.4 cm³/mol. The average molecular weight is 214 g/mol. The number of rotatable bonds is 4. The van der Waals surface area contributed by atoms with Crippen molar-refractivity contribution in [1.29, 1.82) is 0 Å². The molecule has 2 N–H and O–H groups in total. The van der Waals surface area contributed by atoms with E-state index in [1.54, 1.807) is 0 Å². The second-order valence-electron chi connectivity index (χ2n) is 4.82. The molecule has 15 heavy (non-hydrogen) atoms. The molecule has 1 heterocycles. The van der Waals surface area contributed by atoms with E-state index in [1.165, 1.54) is 0 Å². The fraction of sp³-hybridized carbons (Fsp3) is 0.909. The highest BCUT2D eigenvalue weighted by Gasteiger charge is 2.40. The molecule has 0 aromatic carbocycles. The maximum absolute atomic E-state index is 11.5. The Balaban J connectivity index is 2.55. The summed E-state index contributed by atoms with van der Waals surface area (Å²) in [5.41, 5.74) is 5.50. The average Bonchev–Trinajstić information content (AvgIpc) is 2.49. The van der Waals surface area contributed by atoms with E-state index in [2.05, 4.69) is 13.8 Å². The lowest BCUT2D eigenvalue weighted by Gasteiger charge is -2.24. The minimum absolute atomic E-state index is 0.0436. The fourth-order valence-electron chi connectivity index (χ4n) is 2.06. The third kappa shape index (κ3) is 2.92.